The van der Waals surface area contributed by atoms with Crippen molar-refractivity contribution in [3.63, 3.8) is 0 Å². The van der Waals surface area contributed by atoms with Crippen LogP contribution in [0.3, 0.4) is 0 Å². The van der Waals surface area contributed by atoms with Gasteiger partial charge in [0.25, 0.3) is 0 Å². The highest BCUT2D eigenvalue weighted by Crippen LogP contribution is 2.24. The van der Waals surface area contributed by atoms with Gasteiger partial charge in [0.2, 0.25) is 0 Å². The Morgan fingerprint density at radius 1 is 1.00 bits per heavy atom. The molecule has 0 bridgehead atoms. The van der Waals surface area contributed by atoms with Crippen LogP contribution < -0.4 is 5.73 Å². The Hall–Kier alpha value is -0.120. The molecule has 0 amide bonds. The van der Waals surface area contributed by atoms with Crippen molar-refractivity contribution < 1.29 is 0 Å². The zero-order valence-corrected chi connectivity index (χ0v) is 11.6. The summed E-state index contributed by atoms with van der Waals surface area (Å²) in [6, 6.07) is 1.71. The van der Waals surface area contributed by atoms with Crippen LogP contribution in [0.25, 0.3) is 0 Å². The van der Waals surface area contributed by atoms with E-state index in [9.17, 15) is 0 Å². The predicted octanol–water partition coefficient (Wildman–Crippen LogP) is 1.67. The van der Waals surface area contributed by atoms with Crippen molar-refractivity contribution in [2.24, 2.45) is 5.73 Å². The van der Waals surface area contributed by atoms with Crippen molar-refractivity contribution in [2.75, 3.05) is 26.7 Å². The monoisotopic (exact) mass is 239 g/mol. The summed E-state index contributed by atoms with van der Waals surface area (Å²) >= 11 is 0. The predicted molar refractivity (Wildman–Crippen MR) is 73.1 cm³/mol. The Morgan fingerprint density at radius 2 is 1.76 bits per heavy atom. The summed E-state index contributed by atoms with van der Waals surface area (Å²) in [5, 5.41) is 0. The van der Waals surface area contributed by atoms with Crippen molar-refractivity contribution in [1.29, 1.82) is 0 Å². The van der Waals surface area contributed by atoms with E-state index in [0.717, 1.165) is 0 Å². The lowest BCUT2D eigenvalue weighted by Gasteiger charge is -2.38. The van der Waals surface area contributed by atoms with Crippen LogP contribution in [0.5, 0.6) is 0 Å². The zero-order chi connectivity index (χ0) is 12.3. The fourth-order valence-corrected chi connectivity index (χ4v) is 3.61. The second-order valence-corrected chi connectivity index (χ2v) is 6.07. The third kappa shape index (κ3) is 3.43. The first kappa shape index (κ1) is 13.3. The second kappa shape index (κ2) is 6.17. The number of nitrogens with zero attached hydrogens (tertiary/aromatic N) is 2. The fourth-order valence-electron chi connectivity index (χ4n) is 3.61. The van der Waals surface area contributed by atoms with Crippen LogP contribution in [0.15, 0.2) is 0 Å². The number of likely N-dealkylation sites (N-methyl/N-ethyl adjacent to an activating group) is 1. The van der Waals surface area contributed by atoms with Gasteiger partial charge in [0, 0.05) is 31.2 Å². The summed E-state index contributed by atoms with van der Waals surface area (Å²) in [7, 11) is 2.24. The smallest absolute Gasteiger partial charge is 0.0250 e. The molecule has 1 aliphatic heterocycles. The second-order valence-electron chi connectivity index (χ2n) is 6.07. The Morgan fingerprint density at radius 3 is 2.59 bits per heavy atom. The van der Waals surface area contributed by atoms with Gasteiger partial charge in [-0.3, -0.25) is 4.90 Å². The first-order valence-electron chi connectivity index (χ1n) is 7.38. The largest absolute Gasteiger partial charge is 0.326 e. The molecule has 17 heavy (non-hydrogen) atoms. The molecule has 100 valence electrons. The lowest BCUT2D eigenvalue weighted by atomic mass is 10.0. The van der Waals surface area contributed by atoms with E-state index < -0.39 is 0 Å². The average Bonchev–Trinajstić information content (AvgIpc) is 2.57. The van der Waals surface area contributed by atoms with Gasteiger partial charge >= 0.3 is 0 Å². The molecular weight excluding hydrogens is 210 g/mol. The van der Waals surface area contributed by atoms with Crippen LogP contribution in [0.4, 0.5) is 0 Å². The van der Waals surface area contributed by atoms with Gasteiger partial charge in [-0.2, -0.15) is 0 Å². The molecule has 3 unspecified atom stereocenters. The van der Waals surface area contributed by atoms with Gasteiger partial charge in [0.05, 0.1) is 0 Å². The van der Waals surface area contributed by atoms with E-state index in [1.165, 1.54) is 58.2 Å². The van der Waals surface area contributed by atoms with Gasteiger partial charge < -0.3 is 10.6 Å². The number of hydrogen-bond acceptors (Lipinski definition) is 3. The van der Waals surface area contributed by atoms with Gasteiger partial charge in [-0.15, -0.1) is 0 Å². The summed E-state index contributed by atoms with van der Waals surface area (Å²) in [5.41, 5.74) is 6.40. The average molecular weight is 239 g/mol. The SMILES string of the molecule is CC1CN(C)CCCN1C1CCCCCC1N. The molecule has 3 nitrogen and oxygen atoms in total. The fraction of sp³-hybridized carbons (Fsp3) is 1.00. The van der Waals surface area contributed by atoms with Gasteiger partial charge in [-0.1, -0.05) is 19.3 Å². The van der Waals surface area contributed by atoms with E-state index in [4.69, 9.17) is 5.73 Å². The molecule has 1 saturated heterocycles. The molecule has 0 aromatic carbocycles. The van der Waals surface area contributed by atoms with Gasteiger partial charge in [-0.05, 0) is 39.8 Å². The Balaban J connectivity index is 2.02. The van der Waals surface area contributed by atoms with E-state index in [1.54, 1.807) is 0 Å². The molecule has 0 radical (unpaired) electrons. The molecule has 3 heteroatoms. The van der Waals surface area contributed by atoms with Crippen LogP contribution in [-0.4, -0.2) is 54.6 Å². The lowest BCUT2D eigenvalue weighted by Crippen LogP contribution is -2.52. The summed E-state index contributed by atoms with van der Waals surface area (Å²) in [4.78, 5) is 5.17. The molecule has 0 spiro atoms. The maximum atomic E-state index is 6.40. The van der Waals surface area contributed by atoms with Crippen LogP contribution in [0.1, 0.15) is 45.4 Å². The van der Waals surface area contributed by atoms with Gasteiger partial charge in [0.1, 0.15) is 0 Å². The normalized spacial score (nSPS) is 38.6. The van der Waals surface area contributed by atoms with E-state index >= 15 is 0 Å². The minimum absolute atomic E-state index is 0.406. The molecule has 2 aliphatic rings. The first-order chi connectivity index (χ1) is 8.18. The molecule has 1 saturated carbocycles. The molecular formula is C14H29N3. The molecule has 2 rings (SSSR count). The van der Waals surface area contributed by atoms with E-state index in [2.05, 4.69) is 23.8 Å². The highest BCUT2D eigenvalue weighted by molar-refractivity contribution is 4.89. The minimum Gasteiger partial charge on any atom is -0.326 e. The topological polar surface area (TPSA) is 32.5 Å². The van der Waals surface area contributed by atoms with Crippen molar-refractivity contribution in [1.82, 2.24) is 9.80 Å². The number of hydrogen-bond donors (Lipinski definition) is 1. The summed E-state index contributed by atoms with van der Waals surface area (Å²) in [6.45, 7) is 6.05. The van der Waals surface area contributed by atoms with Crippen molar-refractivity contribution >= 4 is 0 Å². The third-order valence-corrected chi connectivity index (χ3v) is 4.56. The van der Waals surface area contributed by atoms with E-state index in [-0.39, 0.29) is 0 Å². The molecule has 2 fully saturated rings. The van der Waals surface area contributed by atoms with Crippen molar-refractivity contribution in [2.45, 2.75) is 63.6 Å². The highest BCUT2D eigenvalue weighted by atomic mass is 15.3. The first-order valence-corrected chi connectivity index (χ1v) is 7.38. The summed E-state index contributed by atoms with van der Waals surface area (Å²) < 4.78 is 0. The maximum Gasteiger partial charge on any atom is 0.0250 e. The highest BCUT2D eigenvalue weighted by Gasteiger charge is 2.30. The Kier molecular flexibility index (Phi) is 4.83. The van der Waals surface area contributed by atoms with Gasteiger partial charge in [0.15, 0.2) is 0 Å². The van der Waals surface area contributed by atoms with Crippen molar-refractivity contribution in [3.8, 4) is 0 Å². The van der Waals surface area contributed by atoms with Crippen LogP contribution in [-0.2, 0) is 0 Å². The minimum atomic E-state index is 0.406. The summed E-state index contributed by atoms with van der Waals surface area (Å²) in [5.74, 6) is 0. The molecule has 0 aromatic heterocycles. The zero-order valence-electron chi connectivity index (χ0n) is 11.6. The molecule has 2 N–H and O–H groups in total. The Bertz CT molecular complexity index is 232. The number of nitrogens with two attached hydrogens (primary N) is 1. The van der Waals surface area contributed by atoms with Gasteiger partial charge in [-0.25, -0.2) is 0 Å². The third-order valence-electron chi connectivity index (χ3n) is 4.56. The lowest BCUT2D eigenvalue weighted by molar-refractivity contribution is 0.117. The number of rotatable bonds is 1. The summed E-state index contributed by atoms with van der Waals surface area (Å²) in [6.07, 6.45) is 7.92. The van der Waals surface area contributed by atoms with E-state index in [0.29, 0.717) is 18.1 Å². The molecule has 3 atom stereocenters. The van der Waals surface area contributed by atoms with Crippen molar-refractivity contribution in [3.05, 3.63) is 0 Å². The maximum absolute atomic E-state index is 6.40. The molecule has 0 aromatic rings. The van der Waals surface area contributed by atoms with Crippen LogP contribution in [0, 0.1) is 0 Å². The standard InChI is InChI=1S/C14H29N3/c1-12-11-16(2)9-6-10-17(12)14-8-5-3-4-7-13(14)15/h12-14H,3-11,15H2,1-2H3. The Labute approximate surface area is 106 Å². The molecule has 1 heterocycles. The van der Waals surface area contributed by atoms with Crippen LogP contribution in [0.2, 0.25) is 0 Å². The van der Waals surface area contributed by atoms with Crippen LogP contribution >= 0.6 is 0 Å². The molecule has 1 aliphatic carbocycles. The van der Waals surface area contributed by atoms with E-state index in [1.807, 2.05) is 0 Å². The quantitative estimate of drug-likeness (QED) is 0.707.